The summed E-state index contributed by atoms with van der Waals surface area (Å²) in [5, 5.41) is 19.5. The summed E-state index contributed by atoms with van der Waals surface area (Å²) in [5.41, 5.74) is -0.496. The number of pyridine rings is 1. The molecule has 0 aliphatic heterocycles. The zero-order chi connectivity index (χ0) is 9.84. The van der Waals surface area contributed by atoms with Crippen molar-refractivity contribution in [2.24, 2.45) is 0 Å². The van der Waals surface area contributed by atoms with Crippen molar-refractivity contribution in [1.82, 2.24) is 4.98 Å². The Labute approximate surface area is 73.9 Å². The minimum absolute atomic E-state index is 0.0278. The number of aromatic hydroxyl groups is 1. The van der Waals surface area contributed by atoms with Crippen molar-refractivity contribution in [3.05, 3.63) is 22.4 Å². The molecule has 0 aliphatic carbocycles. The number of nitro groups is 1. The Morgan fingerprint density at radius 1 is 1.77 bits per heavy atom. The molecule has 1 rings (SSSR count). The van der Waals surface area contributed by atoms with Crippen molar-refractivity contribution in [3.8, 4) is 11.6 Å². The molecule has 1 aromatic heterocycles. The van der Waals surface area contributed by atoms with Gasteiger partial charge < -0.3 is 9.84 Å². The van der Waals surface area contributed by atoms with Gasteiger partial charge in [0.25, 0.3) is 5.88 Å². The smallest absolute Gasteiger partial charge is 0.372 e. The van der Waals surface area contributed by atoms with Crippen LogP contribution < -0.4 is 4.74 Å². The van der Waals surface area contributed by atoms with Crippen LogP contribution in [0.4, 0.5) is 5.69 Å². The van der Waals surface area contributed by atoms with Crippen molar-refractivity contribution in [2.45, 2.75) is 6.92 Å². The Bertz CT molecular complexity index is 326. The van der Waals surface area contributed by atoms with Gasteiger partial charge in [0.2, 0.25) is 5.75 Å². The lowest BCUT2D eigenvalue weighted by Crippen LogP contribution is -1.98. The molecule has 0 aliphatic rings. The van der Waals surface area contributed by atoms with E-state index in [2.05, 4.69) is 4.98 Å². The SMILES string of the molecule is CCOc1ccnc(O)c1[N+](=O)[O-]. The van der Waals surface area contributed by atoms with E-state index in [1.54, 1.807) is 6.92 Å². The lowest BCUT2D eigenvalue weighted by Gasteiger charge is -2.03. The average Bonchev–Trinajstić information content (AvgIpc) is 2.04. The number of ether oxygens (including phenoxy) is 1. The Balaban J connectivity index is 3.17. The highest BCUT2D eigenvalue weighted by atomic mass is 16.6. The molecule has 0 bridgehead atoms. The van der Waals surface area contributed by atoms with Gasteiger partial charge in [-0.25, -0.2) is 4.98 Å². The van der Waals surface area contributed by atoms with E-state index in [1.165, 1.54) is 12.3 Å². The minimum Gasteiger partial charge on any atom is -0.488 e. The summed E-state index contributed by atoms with van der Waals surface area (Å²) in [5.74, 6) is -0.601. The van der Waals surface area contributed by atoms with Crippen molar-refractivity contribution < 1.29 is 14.8 Å². The largest absolute Gasteiger partial charge is 0.488 e. The predicted molar refractivity (Wildman–Crippen MR) is 43.7 cm³/mol. The first kappa shape index (κ1) is 9.24. The van der Waals surface area contributed by atoms with Crippen LogP contribution in [0.1, 0.15) is 6.92 Å². The maximum Gasteiger partial charge on any atom is 0.372 e. The first-order chi connectivity index (χ1) is 6.16. The van der Waals surface area contributed by atoms with Gasteiger partial charge in [-0.1, -0.05) is 0 Å². The molecule has 0 saturated heterocycles. The zero-order valence-corrected chi connectivity index (χ0v) is 6.93. The molecular formula is C7H8N2O4. The van der Waals surface area contributed by atoms with Gasteiger partial charge in [0, 0.05) is 12.3 Å². The standard InChI is InChI=1S/C7H8N2O4/c1-2-13-5-3-4-8-7(10)6(5)9(11)12/h3-4H,2H2,1H3,(H,8,10). The topological polar surface area (TPSA) is 85.5 Å². The first-order valence-corrected chi connectivity index (χ1v) is 3.62. The van der Waals surface area contributed by atoms with Crippen LogP contribution in [-0.2, 0) is 0 Å². The summed E-state index contributed by atoms with van der Waals surface area (Å²) in [6, 6.07) is 1.33. The second-order valence-electron chi connectivity index (χ2n) is 2.17. The normalized spacial score (nSPS) is 9.62. The molecule has 1 N–H and O–H groups in total. The molecule has 0 aromatic carbocycles. The van der Waals surface area contributed by atoms with Crippen LogP contribution >= 0.6 is 0 Å². The van der Waals surface area contributed by atoms with E-state index in [4.69, 9.17) is 9.84 Å². The van der Waals surface area contributed by atoms with Gasteiger partial charge in [0.1, 0.15) is 0 Å². The molecule has 0 saturated carbocycles. The number of hydrogen-bond donors (Lipinski definition) is 1. The van der Waals surface area contributed by atoms with Crippen molar-refractivity contribution in [3.63, 3.8) is 0 Å². The van der Waals surface area contributed by atoms with Crippen molar-refractivity contribution >= 4 is 5.69 Å². The molecule has 0 spiro atoms. The maximum atomic E-state index is 10.4. The fraction of sp³-hybridized carbons (Fsp3) is 0.286. The number of hydrogen-bond acceptors (Lipinski definition) is 5. The minimum atomic E-state index is -0.729. The molecule has 0 atom stereocenters. The monoisotopic (exact) mass is 184 g/mol. The van der Waals surface area contributed by atoms with E-state index >= 15 is 0 Å². The zero-order valence-electron chi connectivity index (χ0n) is 6.93. The van der Waals surface area contributed by atoms with Crippen LogP contribution in [-0.4, -0.2) is 21.6 Å². The van der Waals surface area contributed by atoms with Gasteiger partial charge in [-0.05, 0) is 6.92 Å². The molecule has 13 heavy (non-hydrogen) atoms. The molecule has 1 aromatic rings. The van der Waals surface area contributed by atoms with Crippen LogP contribution in [0.2, 0.25) is 0 Å². The lowest BCUT2D eigenvalue weighted by molar-refractivity contribution is -0.387. The Morgan fingerprint density at radius 3 is 3.00 bits per heavy atom. The number of aromatic nitrogens is 1. The summed E-state index contributed by atoms with van der Waals surface area (Å²) in [7, 11) is 0. The molecule has 1 heterocycles. The second-order valence-corrected chi connectivity index (χ2v) is 2.17. The highest BCUT2D eigenvalue weighted by molar-refractivity contribution is 5.52. The van der Waals surface area contributed by atoms with Crippen molar-refractivity contribution in [1.29, 1.82) is 0 Å². The fourth-order valence-corrected chi connectivity index (χ4v) is 0.869. The van der Waals surface area contributed by atoms with Crippen LogP contribution in [0, 0.1) is 10.1 Å². The molecule has 0 fully saturated rings. The summed E-state index contributed by atoms with van der Waals surface area (Å²) < 4.78 is 4.94. The third-order valence-electron chi connectivity index (χ3n) is 1.35. The van der Waals surface area contributed by atoms with Crippen LogP contribution in [0.25, 0.3) is 0 Å². The van der Waals surface area contributed by atoms with Gasteiger partial charge in [0.15, 0.2) is 0 Å². The molecular weight excluding hydrogens is 176 g/mol. The maximum absolute atomic E-state index is 10.4. The van der Waals surface area contributed by atoms with Crippen LogP contribution in [0.15, 0.2) is 12.3 Å². The van der Waals surface area contributed by atoms with Crippen LogP contribution in [0.3, 0.4) is 0 Å². The first-order valence-electron chi connectivity index (χ1n) is 3.62. The number of rotatable bonds is 3. The molecule has 6 nitrogen and oxygen atoms in total. The average molecular weight is 184 g/mol. The predicted octanol–water partition coefficient (Wildman–Crippen LogP) is 1.09. The summed E-state index contributed by atoms with van der Waals surface area (Å²) in [4.78, 5) is 13.1. The molecule has 6 heteroatoms. The van der Waals surface area contributed by atoms with E-state index < -0.39 is 16.5 Å². The highest BCUT2D eigenvalue weighted by Gasteiger charge is 2.21. The third-order valence-corrected chi connectivity index (χ3v) is 1.35. The summed E-state index contributed by atoms with van der Waals surface area (Å²) in [6.07, 6.45) is 1.24. The molecule has 0 amide bonds. The highest BCUT2D eigenvalue weighted by Crippen LogP contribution is 2.33. The van der Waals surface area contributed by atoms with E-state index in [0.29, 0.717) is 6.61 Å². The fourth-order valence-electron chi connectivity index (χ4n) is 0.869. The quantitative estimate of drug-likeness (QED) is 0.561. The van der Waals surface area contributed by atoms with E-state index in [9.17, 15) is 10.1 Å². The number of nitrogens with zero attached hydrogens (tertiary/aromatic N) is 2. The Hall–Kier alpha value is -1.85. The molecule has 70 valence electrons. The Kier molecular flexibility index (Phi) is 2.63. The summed E-state index contributed by atoms with van der Waals surface area (Å²) >= 11 is 0. The van der Waals surface area contributed by atoms with Gasteiger partial charge in [-0.2, -0.15) is 0 Å². The van der Waals surface area contributed by atoms with E-state index in [1.807, 2.05) is 0 Å². The van der Waals surface area contributed by atoms with Gasteiger partial charge >= 0.3 is 5.69 Å². The van der Waals surface area contributed by atoms with Gasteiger partial charge in [0.05, 0.1) is 11.5 Å². The molecule has 0 unspecified atom stereocenters. The lowest BCUT2D eigenvalue weighted by atomic mass is 10.4. The third kappa shape index (κ3) is 1.84. The van der Waals surface area contributed by atoms with E-state index in [0.717, 1.165) is 0 Å². The van der Waals surface area contributed by atoms with Gasteiger partial charge in [-0.3, -0.25) is 10.1 Å². The molecule has 0 radical (unpaired) electrons. The van der Waals surface area contributed by atoms with Crippen molar-refractivity contribution in [2.75, 3.05) is 6.61 Å². The van der Waals surface area contributed by atoms with E-state index in [-0.39, 0.29) is 5.75 Å². The second kappa shape index (κ2) is 3.70. The summed E-state index contributed by atoms with van der Waals surface area (Å²) in [6.45, 7) is 1.99. The van der Waals surface area contributed by atoms with Crippen LogP contribution in [0.5, 0.6) is 11.6 Å². The Morgan fingerprint density at radius 2 is 2.46 bits per heavy atom. The van der Waals surface area contributed by atoms with Gasteiger partial charge in [-0.15, -0.1) is 0 Å².